The van der Waals surface area contributed by atoms with Crippen molar-refractivity contribution in [1.82, 2.24) is 15.0 Å². The number of rotatable bonds is 5. The van der Waals surface area contributed by atoms with Crippen LogP contribution in [0.1, 0.15) is 8.22 Å². The molecular formula is C51H31N3S. The Labute approximate surface area is 330 Å². The molecule has 0 saturated heterocycles. The number of thiophene rings is 1. The Morgan fingerprint density at radius 3 is 1.69 bits per heavy atom. The van der Waals surface area contributed by atoms with Crippen LogP contribution in [0.4, 0.5) is 0 Å². The number of hydrogen-bond donors (Lipinski definition) is 0. The van der Waals surface area contributed by atoms with Gasteiger partial charge < -0.3 is 0 Å². The zero-order valence-corrected chi connectivity index (χ0v) is 30.0. The van der Waals surface area contributed by atoms with E-state index in [1.54, 1.807) is 12.1 Å². The minimum Gasteiger partial charge on any atom is -0.208 e. The molecule has 0 radical (unpaired) electrons. The highest BCUT2D eigenvalue weighted by molar-refractivity contribution is 7.25. The van der Waals surface area contributed by atoms with Crippen LogP contribution in [0.5, 0.6) is 0 Å². The Morgan fingerprint density at radius 2 is 0.909 bits per heavy atom. The molecule has 0 amide bonds. The van der Waals surface area contributed by atoms with Crippen LogP contribution in [0.25, 0.3) is 109 Å². The summed E-state index contributed by atoms with van der Waals surface area (Å²) in [6.45, 7) is 0. The van der Waals surface area contributed by atoms with Crippen LogP contribution in [-0.2, 0) is 0 Å². The van der Waals surface area contributed by atoms with E-state index >= 15 is 0 Å². The maximum Gasteiger partial charge on any atom is 0.164 e. The van der Waals surface area contributed by atoms with Gasteiger partial charge in [-0.05, 0) is 84.8 Å². The predicted octanol–water partition coefficient (Wildman–Crippen LogP) is 14.0. The fourth-order valence-corrected chi connectivity index (χ4v) is 8.39. The lowest BCUT2D eigenvalue weighted by atomic mass is 9.96. The van der Waals surface area contributed by atoms with Gasteiger partial charge in [0.15, 0.2) is 17.5 Å². The van der Waals surface area contributed by atoms with Crippen LogP contribution in [-0.4, -0.2) is 15.0 Å². The van der Waals surface area contributed by atoms with Crippen molar-refractivity contribution in [3.05, 3.63) is 188 Å². The van der Waals surface area contributed by atoms with Crippen LogP contribution in [0, 0.1) is 0 Å². The fourth-order valence-electron chi connectivity index (χ4n) is 7.42. The molecule has 11 aromatic rings. The lowest BCUT2D eigenvalue weighted by Gasteiger charge is -2.11. The van der Waals surface area contributed by atoms with Crippen LogP contribution in [0.2, 0.25) is 0 Å². The summed E-state index contributed by atoms with van der Waals surface area (Å²) in [5.74, 6) is 0.761. The summed E-state index contributed by atoms with van der Waals surface area (Å²) in [6, 6.07) is 49.3. The monoisotopic (exact) mass is 723 g/mol. The third-order valence-electron chi connectivity index (χ3n) is 10.2. The number of aromatic nitrogens is 3. The summed E-state index contributed by atoms with van der Waals surface area (Å²) in [5.41, 5.74) is 4.37. The topological polar surface area (TPSA) is 38.7 Å². The van der Waals surface area contributed by atoms with E-state index in [1.807, 2.05) is 84.9 Å². The molecular weight excluding hydrogens is 687 g/mol. The number of benzene rings is 9. The molecule has 0 aliphatic heterocycles. The van der Waals surface area contributed by atoms with Crippen LogP contribution in [0.15, 0.2) is 188 Å². The van der Waals surface area contributed by atoms with Gasteiger partial charge in [-0.2, -0.15) is 0 Å². The average molecular weight is 724 g/mol. The molecule has 0 aliphatic carbocycles. The van der Waals surface area contributed by atoms with Crippen molar-refractivity contribution >= 4 is 63.8 Å². The highest BCUT2D eigenvalue weighted by Gasteiger charge is 2.16. The van der Waals surface area contributed by atoms with Gasteiger partial charge in [0.1, 0.15) is 0 Å². The Hall–Kier alpha value is -7.01. The first-order valence-electron chi connectivity index (χ1n) is 21.0. The van der Waals surface area contributed by atoms with E-state index in [-0.39, 0.29) is 58.6 Å². The van der Waals surface area contributed by atoms with Gasteiger partial charge in [-0.1, -0.05) is 158 Å². The van der Waals surface area contributed by atoms with Gasteiger partial charge in [0.05, 0.1) is 8.22 Å². The quantitative estimate of drug-likeness (QED) is 0.166. The smallest absolute Gasteiger partial charge is 0.164 e. The summed E-state index contributed by atoms with van der Waals surface area (Å²) in [4.78, 5) is 15.0. The van der Waals surface area contributed by atoms with Gasteiger partial charge in [-0.15, -0.1) is 11.3 Å². The zero-order valence-electron chi connectivity index (χ0n) is 35.2. The van der Waals surface area contributed by atoms with Gasteiger partial charge in [0.25, 0.3) is 0 Å². The molecule has 2 aromatic heterocycles. The molecule has 3 nitrogen and oxygen atoms in total. The van der Waals surface area contributed by atoms with Crippen LogP contribution >= 0.6 is 11.3 Å². The summed E-state index contributed by atoms with van der Waals surface area (Å²) in [7, 11) is 0. The molecule has 0 N–H and O–H groups in total. The zero-order chi connectivity index (χ0) is 41.5. The van der Waals surface area contributed by atoms with Crippen molar-refractivity contribution in [1.29, 1.82) is 0 Å². The molecule has 0 atom stereocenters. The largest absolute Gasteiger partial charge is 0.208 e. The second-order valence-corrected chi connectivity index (χ2v) is 14.5. The van der Waals surface area contributed by atoms with E-state index < -0.39 is 0 Å². The van der Waals surface area contributed by atoms with E-state index in [0.29, 0.717) is 37.6 Å². The number of nitrogens with zero attached hydrogens (tertiary/aromatic N) is 3. The first-order chi connectivity index (χ1) is 29.7. The van der Waals surface area contributed by atoms with Crippen LogP contribution < -0.4 is 0 Å². The van der Waals surface area contributed by atoms with Crippen molar-refractivity contribution in [2.24, 2.45) is 0 Å². The number of fused-ring (bicyclic) bond motifs is 8. The fraction of sp³-hybridized carbons (Fsp3) is 0. The van der Waals surface area contributed by atoms with E-state index in [4.69, 9.17) is 17.7 Å². The maximum absolute atomic E-state index is 9.66. The minimum atomic E-state index is -0.267. The van der Waals surface area contributed by atoms with Crippen molar-refractivity contribution in [2.75, 3.05) is 0 Å². The van der Waals surface area contributed by atoms with Gasteiger partial charge in [-0.3, -0.25) is 0 Å². The first kappa shape index (κ1) is 25.9. The highest BCUT2D eigenvalue weighted by atomic mass is 32.1. The maximum atomic E-state index is 9.66. The highest BCUT2D eigenvalue weighted by Crippen LogP contribution is 2.39. The van der Waals surface area contributed by atoms with Crippen molar-refractivity contribution < 1.29 is 8.22 Å². The second-order valence-electron chi connectivity index (χ2n) is 13.5. The Morgan fingerprint density at radius 1 is 0.327 bits per heavy atom. The molecule has 4 heteroatoms. The summed E-state index contributed by atoms with van der Waals surface area (Å²) in [6.07, 6.45) is 0. The lowest BCUT2D eigenvalue weighted by molar-refractivity contribution is 1.08. The molecule has 0 saturated carbocycles. The molecule has 9 aromatic carbocycles. The first-order valence-corrected chi connectivity index (χ1v) is 18.8. The van der Waals surface area contributed by atoms with Gasteiger partial charge in [0, 0.05) is 36.9 Å². The standard InChI is InChI=1S/C51H31N3S/c1-3-10-32(11-4-1)36-15-9-16-38(28-36)49-52-50(39-19-18-35-21-24-42-41-17-8-7-14-34(41)20-25-43(42)45(35)30-39)54-51(53-49)40-22-26-44-46-29-37(33-12-5-2-6-13-33)23-27-47(46)55-48(44)31-40/h1-31H/i22D,23D,26D,27D,29D,31D. The van der Waals surface area contributed by atoms with Gasteiger partial charge in [0.2, 0.25) is 0 Å². The molecule has 11 rings (SSSR count). The Bertz CT molecular complexity index is 3610. The van der Waals surface area contributed by atoms with E-state index in [1.165, 1.54) is 0 Å². The molecule has 0 bridgehead atoms. The summed E-state index contributed by atoms with van der Waals surface area (Å²) >= 11 is 1.09. The molecule has 0 fully saturated rings. The molecule has 256 valence electrons. The normalized spacial score (nSPS) is 13.2. The summed E-state index contributed by atoms with van der Waals surface area (Å²) < 4.78 is 56.5. The van der Waals surface area contributed by atoms with Crippen molar-refractivity contribution in [2.45, 2.75) is 0 Å². The lowest BCUT2D eigenvalue weighted by Crippen LogP contribution is -2.00. The SMILES string of the molecule is [2H]c1c(-c2ccccc2)c([2H])c2c(sc3c([2H])c(-c4nc(-c5cccc(-c6ccccc6)c5)nc(-c5ccc6ccc7c8ccccc8ccc7c6c5)n4)c([2H])c([2H])c32)c1[2H]. The van der Waals surface area contributed by atoms with Crippen molar-refractivity contribution in [3.8, 4) is 56.4 Å². The van der Waals surface area contributed by atoms with E-state index in [0.717, 1.165) is 60.3 Å². The third-order valence-corrected chi connectivity index (χ3v) is 11.2. The molecule has 2 heterocycles. The van der Waals surface area contributed by atoms with E-state index in [9.17, 15) is 5.48 Å². The van der Waals surface area contributed by atoms with Crippen molar-refractivity contribution in [3.63, 3.8) is 0 Å². The minimum absolute atomic E-state index is 0.00615. The van der Waals surface area contributed by atoms with Gasteiger partial charge in [-0.25, -0.2) is 15.0 Å². The Kier molecular flexibility index (Phi) is 6.04. The molecule has 0 aliphatic rings. The molecule has 55 heavy (non-hydrogen) atoms. The predicted molar refractivity (Wildman–Crippen MR) is 232 cm³/mol. The van der Waals surface area contributed by atoms with Crippen LogP contribution in [0.3, 0.4) is 0 Å². The second kappa shape index (κ2) is 12.8. The molecule has 0 spiro atoms. The summed E-state index contributed by atoms with van der Waals surface area (Å²) in [5, 5.41) is 7.17. The third kappa shape index (κ3) is 5.54. The Balaban J connectivity index is 1.16. The molecule has 0 unspecified atom stereocenters. The van der Waals surface area contributed by atoms with Gasteiger partial charge >= 0.3 is 0 Å². The van der Waals surface area contributed by atoms with E-state index in [2.05, 4.69) is 54.6 Å². The average Bonchev–Trinajstić information content (AvgIpc) is 3.72. The number of hydrogen-bond acceptors (Lipinski definition) is 4.